The SMILES string of the molecule is Cl.Cl.Nc1ccccc1OCc1cccnc1. The summed E-state index contributed by atoms with van der Waals surface area (Å²) in [6.45, 7) is 0.488. The van der Waals surface area contributed by atoms with Gasteiger partial charge in [0.2, 0.25) is 0 Å². The van der Waals surface area contributed by atoms with Gasteiger partial charge in [0.1, 0.15) is 12.4 Å². The summed E-state index contributed by atoms with van der Waals surface area (Å²) in [4.78, 5) is 4.01. The molecule has 0 aliphatic heterocycles. The summed E-state index contributed by atoms with van der Waals surface area (Å²) in [5, 5.41) is 0. The molecule has 1 heterocycles. The van der Waals surface area contributed by atoms with Crippen LogP contribution in [0.25, 0.3) is 0 Å². The van der Waals surface area contributed by atoms with E-state index in [1.807, 2.05) is 36.4 Å². The highest BCUT2D eigenvalue weighted by Gasteiger charge is 1.98. The molecule has 0 aliphatic carbocycles. The minimum absolute atomic E-state index is 0. The van der Waals surface area contributed by atoms with Crippen molar-refractivity contribution in [2.75, 3.05) is 5.73 Å². The fourth-order valence-corrected chi connectivity index (χ4v) is 1.26. The maximum absolute atomic E-state index is 5.74. The molecule has 0 atom stereocenters. The Kier molecular flexibility index (Phi) is 7.10. The van der Waals surface area contributed by atoms with Crippen LogP contribution in [-0.4, -0.2) is 4.98 Å². The van der Waals surface area contributed by atoms with E-state index in [1.54, 1.807) is 12.4 Å². The molecule has 1 aromatic heterocycles. The molecule has 1 aromatic carbocycles. The molecule has 0 bridgehead atoms. The Morgan fingerprint density at radius 3 is 2.47 bits per heavy atom. The number of hydrogen-bond acceptors (Lipinski definition) is 3. The van der Waals surface area contributed by atoms with Crippen molar-refractivity contribution >= 4 is 30.5 Å². The minimum Gasteiger partial charge on any atom is -0.487 e. The zero-order valence-electron chi connectivity index (χ0n) is 9.08. The Morgan fingerprint density at radius 2 is 1.82 bits per heavy atom. The number of nitrogen functional groups attached to an aromatic ring is 1. The second kappa shape index (κ2) is 7.76. The topological polar surface area (TPSA) is 48.1 Å². The molecule has 3 nitrogen and oxygen atoms in total. The van der Waals surface area contributed by atoms with Crippen molar-refractivity contribution in [2.24, 2.45) is 0 Å². The number of rotatable bonds is 3. The Hall–Kier alpha value is -1.45. The zero-order valence-corrected chi connectivity index (χ0v) is 10.7. The van der Waals surface area contributed by atoms with E-state index in [2.05, 4.69) is 4.98 Å². The van der Waals surface area contributed by atoms with Gasteiger partial charge in [-0.05, 0) is 18.2 Å². The number of halogens is 2. The van der Waals surface area contributed by atoms with E-state index in [1.165, 1.54) is 0 Å². The summed E-state index contributed by atoms with van der Waals surface area (Å²) in [5.74, 6) is 0.710. The summed E-state index contributed by atoms with van der Waals surface area (Å²) in [6.07, 6.45) is 3.51. The van der Waals surface area contributed by atoms with Gasteiger partial charge in [-0.25, -0.2) is 0 Å². The van der Waals surface area contributed by atoms with E-state index < -0.39 is 0 Å². The minimum atomic E-state index is 0. The molecular formula is C12H14Cl2N2O. The smallest absolute Gasteiger partial charge is 0.142 e. The number of ether oxygens (including phenoxy) is 1. The summed E-state index contributed by atoms with van der Waals surface area (Å²) < 4.78 is 5.56. The number of anilines is 1. The van der Waals surface area contributed by atoms with Crippen LogP contribution in [0.4, 0.5) is 5.69 Å². The average Bonchev–Trinajstić information content (AvgIpc) is 2.29. The molecular weight excluding hydrogens is 259 g/mol. The van der Waals surface area contributed by atoms with Crippen molar-refractivity contribution in [3.63, 3.8) is 0 Å². The van der Waals surface area contributed by atoms with Crippen LogP contribution in [0, 0.1) is 0 Å². The summed E-state index contributed by atoms with van der Waals surface area (Å²) in [6, 6.07) is 11.3. The third-order valence-electron chi connectivity index (χ3n) is 2.04. The van der Waals surface area contributed by atoms with Gasteiger partial charge in [-0.2, -0.15) is 0 Å². The first-order chi connectivity index (χ1) is 7.36. The summed E-state index contributed by atoms with van der Waals surface area (Å²) in [7, 11) is 0. The summed E-state index contributed by atoms with van der Waals surface area (Å²) >= 11 is 0. The zero-order chi connectivity index (χ0) is 10.5. The van der Waals surface area contributed by atoms with Crippen LogP contribution >= 0.6 is 24.8 Å². The maximum Gasteiger partial charge on any atom is 0.142 e. The molecule has 5 heteroatoms. The van der Waals surface area contributed by atoms with Gasteiger partial charge in [0.25, 0.3) is 0 Å². The lowest BCUT2D eigenvalue weighted by Gasteiger charge is -2.07. The van der Waals surface area contributed by atoms with Crippen molar-refractivity contribution in [3.8, 4) is 5.75 Å². The highest BCUT2D eigenvalue weighted by Crippen LogP contribution is 2.20. The van der Waals surface area contributed by atoms with Crippen LogP contribution in [-0.2, 0) is 6.61 Å². The predicted molar refractivity (Wildman–Crippen MR) is 73.9 cm³/mol. The summed E-state index contributed by atoms with van der Waals surface area (Å²) in [5.41, 5.74) is 7.43. The molecule has 0 saturated carbocycles. The lowest BCUT2D eigenvalue weighted by molar-refractivity contribution is 0.307. The Bertz CT molecular complexity index is 438. The van der Waals surface area contributed by atoms with Crippen LogP contribution in [0.2, 0.25) is 0 Å². The molecule has 0 aliphatic rings. The lowest BCUT2D eigenvalue weighted by atomic mass is 10.3. The van der Waals surface area contributed by atoms with Crippen molar-refractivity contribution in [3.05, 3.63) is 54.4 Å². The third-order valence-corrected chi connectivity index (χ3v) is 2.04. The Balaban J connectivity index is 0.00000128. The number of nitrogens with zero attached hydrogens (tertiary/aromatic N) is 1. The number of benzene rings is 1. The van der Waals surface area contributed by atoms with E-state index in [4.69, 9.17) is 10.5 Å². The van der Waals surface area contributed by atoms with Gasteiger partial charge >= 0.3 is 0 Å². The largest absolute Gasteiger partial charge is 0.487 e. The quantitative estimate of drug-likeness (QED) is 0.874. The van der Waals surface area contributed by atoms with Crippen LogP contribution in [0.5, 0.6) is 5.75 Å². The monoisotopic (exact) mass is 272 g/mol. The van der Waals surface area contributed by atoms with Gasteiger partial charge in [0.15, 0.2) is 0 Å². The van der Waals surface area contributed by atoms with Crippen molar-refractivity contribution < 1.29 is 4.74 Å². The number of aromatic nitrogens is 1. The molecule has 2 rings (SSSR count). The van der Waals surface area contributed by atoms with Gasteiger partial charge in [-0.3, -0.25) is 4.98 Å². The first-order valence-electron chi connectivity index (χ1n) is 4.72. The first kappa shape index (κ1) is 15.6. The van der Waals surface area contributed by atoms with Gasteiger partial charge in [0, 0.05) is 18.0 Å². The number of nitrogens with two attached hydrogens (primary N) is 1. The fraction of sp³-hybridized carbons (Fsp3) is 0.0833. The molecule has 0 spiro atoms. The van der Waals surface area contributed by atoms with E-state index in [0.29, 0.717) is 18.0 Å². The highest BCUT2D eigenvalue weighted by atomic mass is 35.5. The second-order valence-corrected chi connectivity index (χ2v) is 3.19. The number of hydrogen-bond donors (Lipinski definition) is 1. The highest BCUT2D eigenvalue weighted by molar-refractivity contribution is 5.85. The molecule has 0 fully saturated rings. The van der Waals surface area contributed by atoms with Crippen LogP contribution < -0.4 is 10.5 Å². The number of pyridine rings is 1. The normalized spacial score (nSPS) is 8.71. The van der Waals surface area contributed by atoms with E-state index in [-0.39, 0.29) is 24.8 Å². The predicted octanol–water partition coefficient (Wildman–Crippen LogP) is 3.09. The fourth-order valence-electron chi connectivity index (χ4n) is 1.26. The van der Waals surface area contributed by atoms with Crippen molar-refractivity contribution in [2.45, 2.75) is 6.61 Å². The standard InChI is InChI=1S/C12H12N2O.2ClH/c13-11-5-1-2-6-12(11)15-9-10-4-3-7-14-8-10;;/h1-8H,9,13H2;2*1H. The molecule has 17 heavy (non-hydrogen) atoms. The van der Waals surface area contributed by atoms with Crippen LogP contribution in [0.15, 0.2) is 48.8 Å². The molecule has 2 aromatic rings. The first-order valence-corrected chi connectivity index (χ1v) is 4.72. The Labute approximate surface area is 113 Å². The van der Waals surface area contributed by atoms with Gasteiger partial charge in [-0.1, -0.05) is 18.2 Å². The van der Waals surface area contributed by atoms with E-state index in [9.17, 15) is 0 Å². The van der Waals surface area contributed by atoms with Crippen molar-refractivity contribution in [1.29, 1.82) is 0 Å². The molecule has 0 unspecified atom stereocenters. The second-order valence-electron chi connectivity index (χ2n) is 3.19. The number of para-hydroxylation sites is 2. The lowest BCUT2D eigenvalue weighted by Crippen LogP contribution is -1.98. The van der Waals surface area contributed by atoms with Gasteiger partial charge in [-0.15, -0.1) is 24.8 Å². The van der Waals surface area contributed by atoms with E-state index in [0.717, 1.165) is 5.56 Å². The van der Waals surface area contributed by atoms with Crippen LogP contribution in [0.3, 0.4) is 0 Å². The van der Waals surface area contributed by atoms with Gasteiger partial charge < -0.3 is 10.5 Å². The Morgan fingerprint density at radius 1 is 1.06 bits per heavy atom. The molecule has 92 valence electrons. The maximum atomic E-state index is 5.74. The average molecular weight is 273 g/mol. The molecule has 0 saturated heterocycles. The van der Waals surface area contributed by atoms with E-state index >= 15 is 0 Å². The van der Waals surface area contributed by atoms with Crippen LogP contribution in [0.1, 0.15) is 5.56 Å². The molecule has 2 N–H and O–H groups in total. The van der Waals surface area contributed by atoms with Crippen molar-refractivity contribution in [1.82, 2.24) is 4.98 Å². The molecule has 0 radical (unpaired) electrons. The van der Waals surface area contributed by atoms with Gasteiger partial charge in [0.05, 0.1) is 5.69 Å². The molecule has 0 amide bonds. The third kappa shape index (κ3) is 4.51.